The number of ether oxygens (including phenoxy) is 1. The molecule has 0 bridgehead atoms. The molecule has 0 amide bonds. The number of halogens is 1. The minimum absolute atomic E-state index is 0.0843. The Morgan fingerprint density at radius 2 is 2.38 bits per heavy atom. The van der Waals surface area contributed by atoms with Crippen LogP contribution >= 0.6 is 15.9 Å². The second-order valence-corrected chi connectivity index (χ2v) is 3.66. The minimum Gasteiger partial charge on any atom is -0.485 e. The second kappa shape index (κ2) is 4.88. The van der Waals surface area contributed by atoms with Crippen LogP contribution in [0.25, 0.3) is 4.85 Å². The summed E-state index contributed by atoms with van der Waals surface area (Å²) in [6.45, 7) is 9.04. The molecular formula is C10H10BrNO. The van der Waals surface area contributed by atoms with Crippen molar-refractivity contribution in [1.29, 1.82) is 0 Å². The summed E-state index contributed by atoms with van der Waals surface area (Å²) in [6, 6.07) is 7.52. The molecule has 0 spiro atoms. The highest BCUT2D eigenvalue weighted by molar-refractivity contribution is 9.10. The highest BCUT2D eigenvalue weighted by Gasteiger charge is 2.04. The van der Waals surface area contributed by atoms with Crippen LogP contribution in [0.2, 0.25) is 0 Å². The van der Waals surface area contributed by atoms with Crippen LogP contribution in [0.5, 0.6) is 5.75 Å². The van der Waals surface area contributed by atoms with Gasteiger partial charge in [-0.05, 0) is 18.2 Å². The van der Waals surface area contributed by atoms with Gasteiger partial charge < -0.3 is 9.58 Å². The van der Waals surface area contributed by atoms with Crippen molar-refractivity contribution in [2.24, 2.45) is 0 Å². The molecule has 13 heavy (non-hydrogen) atoms. The van der Waals surface area contributed by atoms with E-state index >= 15 is 0 Å². The fourth-order valence-corrected chi connectivity index (χ4v) is 1.19. The summed E-state index contributed by atoms with van der Waals surface area (Å²) in [5, 5.41) is 0. The van der Waals surface area contributed by atoms with E-state index in [4.69, 9.17) is 11.3 Å². The normalized spacial score (nSPS) is 11.8. The van der Waals surface area contributed by atoms with Gasteiger partial charge in [-0.2, -0.15) is 0 Å². The van der Waals surface area contributed by atoms with Crippen LogP contribution < -0.4 is 4.74 Å². The van der Waals surface area contributed by atoms with Gasteiger partial charge in [-0.15, -0.1) is 0 Å². The average Bonchev–Trinajstić information content (AvgIpc) is 2.14. The Hall–Kier alpha value is -1.01. The number of hydrogen-bond donors (Lipinski definition) is 0. The zero-order valence-electron chi connectivity index (χ0n) is 7.33. The van der Waals surface area contributed by atoms with Crippen molar-refractivity contribution in [2.45, 2.75) is 13.0 Å². The third-order valence-electron chi connectivity index (χ3n) is 1.51. The Balaban J connectivity index is 2.51. The van der Waals surface area contributed by atoms with Crippen LogP contribution in [0.15, 0.2) is 28.7 Å². The van der Waals surface area contributed by atoms with Gasteiger partial charge in [0.1, 0.15) is 5.75 Å². The van der Waals surface area contributed by atoms with Gasteiger partial charge in [0.2, 0.25) is 0 Å². The molecule has 1 aromatic carbocycles. The predicted octanol–water partition coefficient (Wildman–Crippen LogP) is 3.14. The minimum atomic E-state index is -0.0843. The fourth-order valence-electron chi connectivity index (χ4n) is 0.811. The van der Waals surface area contributed by atoms with Gasteiger partial charge in [0.15, 0.2) is 6.61 Å². The molecule has 1 atom stereocenters. The topological polar surface area (TPSA) is 13.6 Å². The predicted molar refractivity (Wildman–Crippen MR) is 55.7 cm³/mol. The fraction of sp³-hybridized carbons (Fsp3) is 0.300. The van der Waals surface area contributed by atoms with Gasteiger partial charge in [0, 0.05) is 11.4 Å². The summed E-state index contributed by atoms with van der Waals surface area (Å²) in [7, 11) is 0. The van der Waals surface area contributed by atoms with Crippen LogP contribution in [-0.4, -0.2) is 12.6 Å². The van der Waals surface area contributed by atoms with Gasteiger partial charge >= 0.3 is 0 Å². The number of hydrogen-bond acceptors (Lipinski definition) is 1. The summed E-state index contributed by atoms with van der Waals surface area (Å²) in [5.41, 5.74) is 0. The molecule has 0 aliphatic heterocycles. The molecule has 0 N–H and O–H groups in total. The highest BCUT2D eigenvalue weighted by Crippen LogP contribution is 2.17. The van der Waals surface area contributed by atoms with Crippen molar-refractivity contribution >= 4 is 15.9 Å². The molecule has 3 heteroatoms. The summed E-state index contributed by atoms with van der Waals surface area (Å²) < 4.78 is 6.38. The van der Waals surface area contributed by atoms with Crippen molar-refractivity contribution in [1.82, 2.24) is 0 Å². The number of nitrogens with zero attached hydrogens (tertiary/aromatic N) is 1. The Morgan fingerprint density at radius 1 is 1.62 bits per heavy atom. The highest BCUT2D eigenvalue weighted by atomic mass is 79.9. The lowest BCUT2D eigenvalue weighted by Gasteiger charge is -2.04. The molecule has 0 aromatic heterocycles. The zero-order valence-corrected chi connectivity index (χ0v) is 8.91. The maximum Gasteiger partial charge on any atom is 0.254 e. The molecule has 0 heterocycles. The first kappa shape index (κ1) is 10.1. The van der Waals surface area contributed by atoms with Gasteiger partial charge in [0.25, 0.3) is 6.04 Å². The number of benzene rings is 1. The molecule has 0 aliphatic rings. The molecule has 1 aromatic rings. The summed E-state index contributed by atoms with van der Waals surface area (Å²) in [6.07, 6.45) is 0. The van der Waals surface area contributed by atoms with Crippen LogP contribution in [0.4, 0.5) is 0 Å². The van der Waals surface area contributed by atoms with Gasteiger partial charge in [-0.1, -0.05) is 22.0 Å². The number of rotatable bonds is 3. The Morgan fingerprint density at radius 3 is 3.00 bits per heavy atom. The summed E-state index contributed by atoms with van der Waals surface area (Å²) >= 11 is 3.35. The summed E-state index contributed by atoms with van der Waals surface area (Å²) in [5.74, 6) is 0.796. The van der Waals surface area contributed by atoms with Crippen molar-refractivity contribution in [3.8, 4) is 5.75 Å². The zero-order chi connectivity index (χ0) is 9.68. The van der Waals surface area contributed by atoms with Crippen molar-refractivity contribution in [2.75, 3.05) is 6.61 Å². The van der Waals surface area contributed by atoms with E-state index in [1.807, 2.05) is 31.2 Å². The van der Waals surface area contributed by atoms with E-state index in [2.05, 4.69) is 20.8 Å². The van der Waals surface area contributed by atoms with E-state index in [1.54, 1.807) is 0 Å². The SMILES string of the molecule is [C-]#[N+]C(C)COc1cccc(Br)c1. The van der Waals surface area contributed by atoms with E-state index < -0.39 is 0 Å². The van der Waals surface area contributed by atoms with Crippen LogP contribution in [0.1, 0.15) is 6.92 Å². The Labute approximate surface area is 86.5 Å². The molecule has 68 valence electrons. The van der Waals surface area contributed by atoms with Crippen LogP contribution in [0, 0.1) is 6.57 Å². The van der Waals surface area contributed by atoms with E-state index in [0.29, 0.717) is 6.61 Å². The lowest BCUT2D eigenvalue weighted by molar-refractivity contribution is 0.309. The van der Waals surface area contributed by atoms with Crippen molar-refractivity contribution in [3.05, 3.63) is 40.2 Å². The monoisotopic (exact) mass is 239 g/mol. The molecule has 0 aliphatic carbocycles. The first-order valence-corrected chi connectivity index (χ1v) is 4.76. The molecule has 0 fully saturated rings. The lowest BCUT2D eigenvalue weighted by Crippen LogP contribution is -2.09. The van der Waals surface area contributed by atoms with E-state index in [1.165, 1.54) is 0 Å². The summed E-state index contributed by atoms with van der Waals surface area (Å²) in [4.78, 5) is 3.34. The lowest BCUT2D eigenvalue weighted by atomic mass is 10.3. The standard InChI is InChI=1S/C10H10BrNO/c1-8(12-2)7-13-10-5-3-4-9(11)6-10/h3-6,8H,7H2,1H3. The maximum atomic E-state index is 6.75. The van der Waals surface area contributed by atoms with Crippen molar-refractivity contribution < 1.29 is 4.74 Å². The third kappa shape index (κ3) is 3.47. The average molecular weight is 240 g/mol. The third-order valence-corrected chi connectivity index (χ3v) is 2.00. The second-order valence-electron chi connectivity index (χ2n) is 2.75. The molecule has 0 saturated carbocycles. The quantitative estimate of drug-likeness (QED) is 0.740. The van der Waals surface area contributed by atoms with Crippen molar-refractivity contribution in [3.63, 3.8) is 0 Å². The largest absolute Gasteiger partial charge is 0.485 e. The van der Waals surface area contributed by atoms with Crippen LogP contribution in [0.3, 0.4) is 0 Å². The Kier molecular flexibility index (Phi) is 3.78. The van der Waals surface area contributed by atoms with E-state index in [0.717, 1.165) is 10.2 Å². The van der Waals surface area contributed by atoms with E-state index in [9.17, 15) is 0 Å². The van der Waals surface area contributed by atoms with Gasteiger partial charge in [-0.25, -0.2) is 6.57 Å². The van der Waals surface area contributed by atoms with E-state index in [-0.39, 0.29) is 6.04 Å². The molecule has 0 saturated heterocycles. The smallest absolute Gasteiger partial charge is 0.254 e. The first-order chi connectivity index (χ1) is 6.22. The first-order valence-electron chi connectivity index (χ1n) is 3.97. The van der Waals surface area contributed by atoms with Crippen LogP contribution in [-0.2, 0) is 0 Å². The maximum absolute atomic E-state index is 6.75. The van der Waals surface area contributed by atoms with Gasteiger partial charge in [-0.3, -0.25) is 0 Å². The molecular weight excluding hydrogens is 230 g/mol. The molecule has 0 radical (unpaired) electrons. The molecule has 1 rings (SSSR count). The van der Waals surface area contributed by atoms with Gasteiger partial charge in [0.05, 0.1) is 0 Å². The molecule has 1 unspecified atom stereocenters. The molecule has 2 nitrogen and oxygen atoms in total. The Bertz CT molecular complexity index is 319.